The number of piperazine rings is 1. The molecular weight excluding hydrogens is 288 g/mol. The Labute approximate surface area is 127 Å². The zero-order chi connectivity index (χ0) is 14.8. The van der Waals surface area contributed by atoms with E-state index in [1.165, 1.54) is 6.07 Å². The molecule has 112 valence electrons. The van der Waals surface area contributed by atoms with Crippen LogP contribution in [0, 0.1) is 0 Å². The molecule has 5 nitrogen and oxygen atoms in total. The van der Waals surface area contributed by atoms with Crippen LogP contribution in [0.4, 0.5) is 0 Å². The van der Waals surface area contributed by atoms with Crippen molar-refractivity contribution in [3.8, 4) is 17.2 Å². The van der Waals surface area contributed by atoms with Crippen LogP contribution >= 0.6 is 11.3 Å². The summed E-state index contributed by atoms with van der Waals surface area (Å²) in [5.41, 5.74) is 0.620. The van der Waals surface area contributed by atoms with E-state index in [1.807, 2.05) is 17.5 Å². The molecule has 1 aromatic heterocycles. The normalized spacial score (nSPS) is 17.7. The van der Waals surface area contributed by atoms with Crippen molar-refractivity contribution in [2.24, 2.45) is 0 Å². The summed E-state index contributed by atoms with van der Waals surface area (Å²) in [6.07, 6.45) is 0. The maximum atomic E-state index is 10.2. The van der Waals surface area contributed by atoms with Gasteiger partial charge in [0.15, 0.2) is 11.5 Å². The standard InChI is InChI=1S/C15H18N2O3S/c18-11-4-3-10(14(19)15(11)20)13(12-2-1-9-21-12)17-7-5-16-6-8-17/h1-4,9,13,16,18-20H,5-8H2/t13-/m1/s1. The van der Waals surface area contributed by atoms with Crippen LogP contribution < -0.4 is 5.32 Å². The topological polar surface area (TPSA) is 76.0 Å². The molecule has 0 bridgehead atoms. The number of hydrogen-bond donors (Lipinski definition) is 4. The Morgan fingerprint density at radius 1 is 1.05 bits per heavy atom. The Kier molecular flexibility index (Phi) is 4.01. The minimum atomic E-state index is -0.454. The largest absolute Gasteiger partial charge is 0.504 e. The highest BCUT2D eigenvalue weighted by molar-refractivity contribution is 7.10. The van der Waals surface area contributed by atoms with Gasteiger partial charge in [-0.15, -0.1) is 11.3 Å². The average molecular weight is 306 g/mol. The van der Waals surface area contributed by atoms with Crippen molar-refractivity contribution < 1.29 is 15.3 Å². The van der Waals surface area contributed by atoms with Crippen molar-refractivity contribution in [3.63, 3.8) is 0 Å². The van der Waals surface area contributed by atoms with Gasteiger partial charge in [-0.1, -0.05) is 6.07 Å². The van der Waals surface area contributed by atoms with Crippen LogP contribution in [0.5, 0.6) is 17.2 Å². The molecule has 0 unspecified atom stereocenters. The molecule has 0 spiro atoms. The third-order valence-electron chi connectivity index (χ3n) is 3.79. The summed E-state index contributed by atoms with van der Waals surface area (Å²) in [6, 6.07) is 7.00. The van der Waals surface area contributed by atoms with Crippen molar-refractivity contribution in [3.05, 3.63) is 40.1 Å². The van der Waals surface area contributed by atoms with Gasteiger partial charge in [-0.2, -0.15) is 0 Å². The number of phenols is 3. The molecule has 1 aliphatic rings. The van der Waals surface area contributed by atoms with Gasteiger partial charge in [0.05, 0.1) is 6.04 Å². The second-order valence-corrected chi connectivity index (χ2v) is 6.05. The fourth-order valence-electron chi connectivity index (χ4n) is 2.72. The minimum Gasteiger partial charge on any atom is -0.504 e. The molecule has 1 atom stereocenters. The monoisotopic (exact) mass is 306 g/mol. The molecule has 2 heterocycles. The maximum Gasteiger partial charge on any atom is 0.200 e. The lowest BCUT2D eigenvalue weighted by atomic mass is 10.0. The number of rotatable bonds is 3. The van der Waals surface area contributed by atoms with Crippen LogP contribution in [0.2, 0.25) is 0 Å². The first-order valence-corrected chi connectivity index (χ1v) is 7.78. The van der Waals surface area contributed by atoms with Crippen molar-refractivity contribution in [2.75, 3.05) is 26.2 Å². The van der Waals surface area contributed by atoms with Crippen molar-refractivity contribution in [1.82, 2.24) is 10.2 Å². The van der Waals surface area contributed by atoms with Crippen LogP contribution in [0.15, 0.2) is 29.6 Å². The van der Waals surface area contributed by atoms with E-state index in [9.17, 15) is 15.3 Å². The number of phenolic OH excluding ortho intramolecular Hbond substituents is 3. The molecule has 0 radical (unpaired) electrons. The average Bonchev–Trinajstić information content (AvgIpc) is 3.03. The van der Waals surface area contributed by atoms with E-state index in [1.54, 1.807) is 17.4 Å². The molecule has 21 heavy (non-hydrogen) atoms. The number of nitrogens with zero attached hydrogens (tertiary/aromatic N) is 1. The van der Waals surface area contributed by atoms with Gasteiger partial charge in [-0.3, -0.25) is 4.90 Å². The van der Waals surface area contributed by atoms with Gasteiger partial charge < -0.3 is 20.6 Å². The molecule has 0 amide bonds. The third-order valence-corrected chi connectivity index (χ3v) is 4.71. The van der Waals surface area contributed by atoms with Crippen LogP contribution in [0.3, 0.4) is 0 Å². The van der Waals surface area contributed by atoms with E-state index in [0.29, 0.717) is 5.56 Å². The van der Waals surface area contributed by atoms with Gasteiger partial charge in [0.25, 0.3) is 0 Å². The Morgan fingerprint density at radius 3 is 2.48 bits per heavy atom. The lowest BCUT2D eigenvalue weighted by Gasteiger charge is -2.35. The van der Waals surface area contributed by atoms with Crippen LogP contribution in [0.1, 0.15) is 16.5 Å². The number of hydrogen-bond acceptors (Lipinski definition) is 6. The zero-order valence-corrected chi connectivity index (χ0v) is 12.3. The number of thiophene rings is 1. The van der Waals surface area contributed by atoms with Gasteiger partial charge >= 0.3 is 0 Å². The molecule has 1 aromatic carbocycles. The van der Waals surface area contributed by atoms with Gasteiger partial charge in [-0.05, 0) is 23.6 Å². The highest BCUT2D eigenvalue weighted by Gasteiger charge is 2.28. The summed E-state index contributed by atoms with van der Waals surface area (Å²) in [6.45, 7) is 3.52. The summed E-state index contributed by atoms with van der Waals surface area (Å²) < 4.78 is 0. The van der Waals surface area contributed by atoms with E-state index >= 15 is 0 Å². The summed E-state index contributed by atoms with van der Waals surface area (Å²) in [5, 5.41) is 34.9. The van der Waals surface area contributed by atoms with E-state index in [0.717, 1.165) is 31.1 Å². The maximum absolute atomic E-state index is 10.2. The fourth-order valence-corrected chi connectivity index (χ4v) is 3.60. The van der Waals surface area contributed by atoms with Gasteiger partial charge in [-0.25, -0.2) is 0 Å². The molecule has 0 saturated carbocycles. The van der Waals surface area contributed by atoms with Crippen LogP contribution in [-0.4, -0.2) is 46.4 Å². The third kappa shape index (κ3) is 2.70. The quantitative estimate of drug-likeness (QED) is 0.651. The van der Waals surface area contributed by atoms with Crippen molar-refractivity contribution in [2.45, 2.75) is 6.04 Å². The predicted molar refractivity (Wildman–Crippen MR) is 82.0 cm³/mol. The van der Waals surface area contributed by atoms with Crippen LogP contribution in [0.25, 0.3) is 0 Å². The lowest BCUT2D eigenvalue weighted by Crippen LogP contribution is -2.45. The van der Waals surface area contributed by atoms with Crippen LogP contribution in [-0.2, 0) is 0 Å². The Hall–Kier alpha value is -1.76. The molecule has 3 rings (SSSR count). The van der Waals surface area contributed by atoms with Gasteiger partial charge in [0.1, 0.15) is 0 Å². The van der Waals surface area contributed by atoms with Gasteiger partial charge in [0.2, 0.25) is 5.75 Å². The zero-order valence-electron chi connectivity index (χ0n) is 11.5. The number of aromatic hydroxyl groups is 3. The van der Waals surface area contributed by atoms with E-state index in [-0.39, 0.29) is 17.5 Å². The van der Waals surface area contributed by atoms with Crippen molar-refractivity contribution in [1.29, 1.82) is 0 Å². The lowest BCUT2D eigenvalue weighted by molar-refractivity contribution is 0.197. The SMILES string of the molecule is Oc1ccc([C@H](c2cccs2)N2CCNCC2)c(O)c1O. The molecule has 4 N–H and O–H groups in total. The summed E-state index contributed by atoms with van der Waals surface area (Å²) in [7, 11) is 0. The summed E-state index contributed by atoms with van der Waals surface area (Å²) in [5.74, 6) is -1.00. The number of nitrogens with one attached hydrogen (secondary N) is 1. The second kappa shape index (κ2) is 5.93. The summed E-state index contributed by atoms with van der Waals surface area (Å²) >= 11 is 1.62. The highest BCUT2D eigenvalue weighted by atomic mass is 32.1. The molecule has 6 heteroatoms. The molecular formula is C15H18N2O3S. The Morgan fingerprint density at radius 2 is 1.81 bits per heavy atom. The van der Waals surface area contributed by atoms with Gasteiger partial charge in [0, 0.05) is 36.6 Å². The van der Waals surface area contributed by atoms with E-state index in [4.69, 9.17) is 0 Å². The molecule has 1 aliphatic heterocycles. The highest BCUT2D eigenvalue weighted by Crippen LogP contribution is 2.44. The van der Waals surface area contributed by atoms with E-state index in [2.05, 4.69) is 10.2 Å². The first-order valence-electron chi connectivity index (χ1n) is 6.90. The summed E-state index contributed by atoms with van der Waals surface area (Å²) in [4.78, 5) is 3.38. The molecule has 1 saturated heterocycles. The molecule has 0 aliphatic carbocycles. The Balaban J connectivity index is 2.05. The molecule has 1 fully saturated rings. The fraction of sp³-hybridized carbons (Fsp3) is 0.333. The second-order valence-electron chi connectivity index (χ2n) is 5.08. The van der Waals surface area contributed by atoms with E-state index < -0.39 is 5.75 Å². The first-order chi connectivity index (χ1) is 10.2. The molecule has 2 aromatic rings. The van der Waals surface area contributed by atoms with Crippen molar-refractivity contribution >= 4 is 11.3 Å². The number of benzene rings is 1. The Bertz CT molecular complexity index is 610. The smallest absolute Gasteiger partial charge is 0.200 e. The predicted octanol–water partition coefficient (Wildman–Crippen LogP) is 1.86. The minimum absolute atomic E-state index is 0.112. The first kappa shape index (κ1) is 14.2.